The quantitative estimate of drug-likeness (QED) is 0.373. The molecule has 0 spiro atoms. The number of rotatable bonds is 4. The van der Waals surface area contributed by atoms with Crippen LogP contribution in [0.5, 0.6) is 0 Å². The van der Waals surface area contributed by atoms with Crippen molar-refractivity contribution in [1.82, 2.24) is 0 Å². The maximum absolute atomic E-state index is 9.70. The van der Waals surface area contributed by atoms with E-state index in [1.807, 2.05) is 0 Å². The van der Waals surface area contributed by atoms with Gasteiger partial charge in [-0.1, -0.05) is 37.5 Å². The Morgan fingerprint density at radius 3 is 1.06 bits per heavy atom. The van der Waals surface area contributed by atoms with Crippen LogP contribution in [0.25, 0.3) is 0 Å². The van der Waals surface area contributed by atoms with Gasteiger partial charge in [0.25, 0.3) is 0 Å². The van der Waals surface area contributed by atoms with Crippen molar-refractivity contribution in [2.75, 3.05) is 0 Å². The molecule has 0 aliphatic rings. The molecule has 0 rings (SSSR count). The minimum absolute atomic E-state index is 0. The van der Waals surface area contributed by atoms with Gasteiger partial charge in [0.1, 0.15) is 20.2 Å². The Bertz CT molecular complexity index is 426. The first-order valence-corrected chi connectivity index (χ1v) is 6.56. The zero-order valence-electron chi connectivity index (χ0n) is 8.85. The van der Waals surface area contributed by atoms with Crippen LogP contribution in [0.3, 0.4) is 0 Å². The standard InChI is InChI=1S/2C4H6O3S.Ba/c2*1-2-3-4-8(5,6)7;/h2*2-4H,1H2,(H,5,6,7);/q;;+2/p-2/b2*4-3+;. The monoisotopic (exact) mass is 404 g/mol. The van der Waals surface area contributed by atoms with E-state index in [2.05, 4.69) is 13.2 Å². The average Bonchev–Trinajstić information content (AvgIpc) is 2.10. The second-order valence-corrected chi connectivity index (χ2v) is 4.63. The van der Waals surface area contributed by atoms with Gasteiger partial charge in [-0.3, -0.25) is 0 Å². The van der Waals surface area contributed by atoms with Gasteiger partial charge in [0.15, 0.2) is 0 Å². The molecule has 0 saturated heterocycles. The van der Waals surface area contributed by atoms with Gasteiger partial charge in [0.2, 0.25) is 0 Å². The molecule has 0 aromatic heterocycles. The number of allylic oxidation sites excluding steroid dienone is 4. The molecule has 0 heterocycles. The van der Waals surface area contributed by atoms with E-state index in [0.29, 0.717) is 10.8 Å². The van der Waals surface area contributed by atoms with Gasteiger partial charge < -0.3 is 9.11 Å². The second-order valence-electron chi connectivity index (χ2n) is 2.11. The molecule has 0 aromatic carbocycles. The van der Waals surface area contributed by atoms with E-state index in [1.54, 1.807) is 0 Å². The van der Waals surface area contributed by atoms with Crippen molar-refractivity contribution < 1.29 is 25.9 Å². The third kappa shape index (κ3) is 31.4. The van der Waals surface area contributed by atoms with E-state index in [1.165, 1.54) is 12.2 Å². The fourth-order valence-corrected chi connectivity index (χ4v) is 0.911. The molecule has 0 saturated carbocycles. The SMILES string of the molecule is C=C/C=C/S(=O)(=O)[O-].C=C/C=C/S(=O)(=O)[O-].[Ba+2]. The van der Waals surface area contributed by atoms with Crippen molar-refractivity contribution in [1.29, 1.82) is 0 Å². The Kier molecular flexibility index (Phi) is 15.2. The van der Waals surface area contributed by atoms with Crippen molar-refractivity contribution in [3.05, 3.63) is 48.3 Å². The average molecular weight is 404 g/mol. The van der Waals surface area contributed by atoms with Gasteiger partial charge in [-0.25, -0.2) is 16.8 Å². The first-order chi connectivity index (χ1) is 7.12. The molecule has 0 N–H and O–H groups in total. The van der Waals surface area contributed by atoms with Gasteiger partial charge >= 0.3 is 48.9 Å². The van der Waals surface area contributed by atoms with Gasteiger partial charge in [0.05, 0.1) is 0 Å². The predicted molar refractivity (Wildman–Crippen MR) is 63.8 cm³/mol. The summed E-state index contributed by atoms with van der Waals surface area (Å²) >= 11 is 0. The summed E-state index contributed by atoms with van der Waals surface area (Å²) in [6.07, 6.45) is 4.58. The number of hydrogen-bond donors (Lipinski definition) is 0. The molecule has 0 radical (unpaired) electrons. The minimum Gasteiger partial charge on any atom is -0.744 e. The van der Waals surface area contributed by atoms with Crippen LogP contribution in [0.15, 0.2) is 48.3 Å². The largest absolute Gasteiger partial charge is 2.00 e. The van der Waals surface area contributed by atoms with Crippen LogP contribution < -0.4 is 0 Å². The molecule has 0 aliphatic carbocycles. The predicted octanol–water partition coefficient (Wildman–Crippen LogP) is 0.0818. The van der Waals surface area contributed by atoms with Gasteiger partial charge in [-0.05, 0) is 0 Å². The van der Waals surface area contributed by atoms with E-state index in [4.69, 9.17) is 0 Å². The molecule has 0 aliphatic heterocycles. The number of hydrogen-bond acceptors (Lipinski definition) is 6. The van der Waals surface area contributed by atoms with Crippen LogP contribution in [0.4, 0.5) is 0 Å². The molecule has 9 heteroatoms. The smallest absolute Gasteiger partial charge is 0.744 e. The summed E-state index contributed by atoms with van der Waals surface area (Å²) < 4.78 is 58.2. The van der Waals surface area contributed by atoms with Crippen LogP contribution >= 0.6 is 0 Å². The van der Waals surface area contributed by atoms with E-state index in [9.17, 15) is 25.9 Å². The summed E-state index contributed by atoms with van der Waals surface area (Å²) in [5, 5.41) is 1.08. The Balaban J connectivity index is -0.000000218. The molecule has 0 atom stereocenters. The molecular weight excluding hydrogens is 394 g/mol. The molecule has 0 amide bonds. The maximum Gasteiger partial charge on any atom is 2.00 e. The molecule has 0 unspecified atom stereocenters. The topological polar surface area (TPSA) is 114 Å². The molecule has 0 fully saturated rings. The first kappa shape index (κ1) is 22.5. The fraction of sp³-hybridized carbons (Fsp3) is 0. The van der Waals surface area contributed by atoms with Crippen LogP contribution in [-0.2, 0) is 20.2 Å². The van der Waals surface area contributed by atoms with Gasteiger partial charge in [-0.2, -0.15) is 0 Å². The summed E-state index contributed by atoms with van der Waals surface area (Å²) in [5.74, 6) is 0. The molecular formula is C8H10BaO6S2. The summed E-state index contributed by atoms with van der Waals surface area (Å²) in [5.41, 5.74) is 0. The Morgan fingerprint density at radius 1 is 0.765 bits per heavy atom. The van der Waals surface area contributed by atoms with E-state index >= 15 is 0 Å². The fourth-order valence-electron chi connectivity index (χ4n) is 0.304. The summed E-state index contributed by atoms with van der Waals surface area (Å²) in [7, 11) is -8.38. The first-order valence-electron chi connectivity index (χ1n) is 3.62. The molecule has 6 nitrogen and oxygen atoms in total. The van der Waals surface area contributed by atoms with Crippen LogP contribution in [-0.4, -0.2) is 74.8 Å². The minimum atomic E-state index is -4.19. The summed E-state index contributed by atoms with van der Waals surface area (Å²) in [6, 6.07) is 0. The van der Waals surface area contributed by atoms with Crippen LogP contribution in [0, 0.1) is 0 Å². The van der Waals surface area contributed by atoms with Crippen molar-refractivity contribution in [2.24, 2.45) is 0 Å². The van der Waals surface area contributed by atoms with Gasteiger partial charge in [0, 0.05) is 10.8 Å². The van der Waals surface area contributed by atoms with Crippen LogP contribution in [0.1, 0.15) is 0 Å². The van der Waals surface area contributed by atoms with E-state index in [0.717, 1.165) is 12.2 Å². The van der Waals surface area contributed by atoms with Crippen LogP contribution in [0.2, 0.25) is 0 Å². The van der Waals surface area contributed by atoms with E-state index in [-0.39, 0.29) is 48.9 Å². The third-order valence-electron chi connectivity index (χ3n) is 0.763. The van der Waals surface area contributed by atoms with E-state index < -0.39 is 20.2 Å². The van der Waals surface area contributed by atoms with Crippen molar-refractivity contribution in [3.63, 3.8) is 0 Å². The Morgan fingerprint density at radius 2 is 1.00 bits per heavy atom. The second kappa shape index (κ2) is 11.4. The molecule has 0 aromatic rings. The maximum atomic E-state index is 9.70. The molecule has 0 bridgehead atoms. The van der Waals surface area contributed by atoms with Crippen molar-refractivity contribution >= 4 is 69.1 Å². The molecule has 92 valence electrons. The van der Waals surface area contributed by atoms with Crippen molar-refractivity contribution in [2.45, 2.75) is 0 Å². The Labute approximate surface area is 141 Å². The normalized spacial score (nSPS) is 11.4. The van der Waals surface area contributed by atoms with Crippen molar-refractivity contribution in [3.8, 4) is 0 Å². The zero-order chi connectivity index (χ0) is 13.2. The van der Waals surface area contributed by atoms with Gasteiger partial charge in [-0.15, -0.1) is 0 Å². The molecule has 17 heavy (non-hydrogen) atoms. The Hall–Kier alpha value is 0.351. The summed E-state index contributed by atoms with van der Waals surface area (Å²) in [6.45, 7) is 6.35. The summed E-state index contributed by atoms with van der Waals surface area (Å²) in [4.78, 5) is 0. The zero-order valence-corrected chi connectivity index (χ0v) is 14.9. The third-order valence-corrected chi connectivity index (χ3v) is 1.74.